The summed E-state index contributed by atoms with van der Waals surface area (Å²) in [4.78, 5) is 2.28. The zero-order valence-corrected chi connectivity index (χ0v) is 13.4. The molecule has 116 valence electrons. The van der Waals surface area contributed by atoms with Crippen molar-refractivity contribution in [2.75, 3.05) is 26.8 Å². The molecule has 21 heavy (non-hydrogen) atoms. The number of benzene rings is 1. The van der Waals surface area contributed by atoms with E-state index in [1.807, 2.05) is 30.3 Å². The average Bonchev–Trinajstić information content (AvgIpc) is 2.54. The predicted octanol–water partition coefficient (Wildman–Crippen LogP) is 2.50. The van der Waals surface area contributed by atoms with Crippen molar-refractivity contribution in [3.63, 3.8) is 0 Å². The Morgan fingerprint density at radius 3 is 2.38 bits per heavy atom. The van der Waals surface area contributed by atoms with Crippen molar-refractivity contribution in [1.29, 1.82) is 5.26 Å². The highest BCUT2D eigenvalue weighted by Gasteiger charge is 2.31. The highest BCUT2D eigenvalue weighted by Crippen LogP contribution is 2.21. The fourth-order valence-corrected chi connectivity index (χ4v) is 2.65. The highest BCUT2D eigenvalue weighted by atomic mass is 16.5. The van der Waals surface area contributed by atoms with Gasteiger partial charge in [-0.05, 0) is 18.4 Å². The standard InChI is InChI=1S/C17H27N3O/c1-4-16(5-2)20(11-12-21-3)14-17(19,13-18)15-9-7-6-8-10-15/h6-10,16H,4-5,11-12,14,19H2,1-3H3. The molecule has 4 heteroatoms. The van der Waals surface area contributed by atoms with Crippen LogP contribution in [0.5, 0.6) is 0 Å². The number of hydrogen-bond acceptors (Lipinski definition) is 4. The first kappa shape index (κ1) is 17.6. The van der Waals surface area contributed by atoms with E-state index in [9.17, 15) is 5.26 Å². The number of rotatable bonds is 9. The molecule has 1 unspecified atom stereocenters. The van der Waals surface area contributed by atoms with Crippen LogP contribution < -0.4 is 5.73 Å². The molecule has 0 aromatic heterocycles. The summed E-state index contributed by atoms with van der Waals surface area (Å²) >= 11 is 0. The molecule has 1 atom stereocenters. The zero-order valence-electron chi connectivity index (χ0n) is 13.4. The average molecular weight is 289 g/mol. The minimum absolute atomic E-state index is 0.417. The van der Waals surface area contributed by atoms with Gasteiger partial charge in [0.2, 0.25) is 0 Å². The molecule has 0 amide bonds. The monoisotopic (exact) mass is 289 g/mol. The smallest absolute Gasteiger partial charge is 0.142 e. The van der Waals surface area contributed by atoms with Crippen LogP contribution in [0.4, 0.5) is 0 Å². The lowest BCUT2D eigenvalue weighted by Gasteiger charge is -2.35. The number of nitrogens with two attached hydrogens (primary N) is 1. The fourth-order valence-electron chi connectivity index (χ4n) is 2.65. The third-order valence-corrected chi connectivity index (χ3v) is 3.98. The molecule has 0 spiro atoms. The van der Waals surface area contributed by atoms with Crippen molar-refractivity contribution in [1.82, 2.24) is 4.90 Å². The molecular formula is C17H27N3O. The molecule has 0 aliphatic carbocycles. The van der Waals surface area contributed by atoms with Gasteiger partial charge in [-0.3, -0.25) is 4.90 Å². The van der Waals surface area contributed by atoms with Gasteiger partial charge in [-0.15, -0.1) is 0 Å². The molecule has 4 nitrogen and oxygen atoms in total. The molecule has 1 rings (SSSR count). The van der Waals surface area contributed by atoms with Crippen LogP contribution in [-0.2, 0) is 10.3 Å². The molecule has 0 bridgehead atoms. The van der Waals surface area contributed by atoms with E-state index in [-0.39, 0.29) is 0 Å². The van der Waals surface area contributed by atoms with Gasteiger partial charge in [0.05, 0.1) is 12.7 Å². The Hall–Kier alpha value is -1.41. The predicted molar refractivity (Wildman–Crippen MR) is 85.7 cm³/mol. The van der Waals surface area contributed by atoms with E-state index in [2.05, 4.69) is 24.8 Å². The van der Waals surface area contributed by atoms with Gasteiger partial charge < -0.3 is 10.5 Å². The van der Waals surface area contributed by atoms with Crippen molar-refractivity contribution in [2.45, 2.75) is 38.3 Å². The Kier molecular flexibility index (Phi) is 7.38. The van der Waals surface area contributed by atoms with E-state index in [1.165, 1.54) is 0 Å². The third-order valence-electron chi connectivity index (χ3n) is 3.98. The minimum Gasteiger partial charge on any atom is -0.383 e. The van der Waals surface area contributed by atoms with E-state index in [0.29, 0.717) is 19.2 Å². The van der Waals surface area contributed by atoms with E-state index >= 15 is 0 Å². The van der Waals surface area contributed by atoms with Gasteiger partial charge in [-0.2, -0.15) is 5.26 Å². The Labute approximate surface area is 128 Å². The van der Waals surface area contributed by atoms with Crippen molar-refractivity contribution < 1.29 is 4.74 Å². The quantitative estimate of drug-likeness (QED) is 0.758. The molecule has 2 N–H and O–H groups in total. The third kappa shape index (κ3) is 4.82. The van der Waals surface area contributed by atoms with E-state index in [1.54, 1.807) is 7.11 Å². The molecule has 0 radical (unpaired) electrons. The first-order valence-electron chi connectivity index (χ1n) is 7.59. The van der Waals surface area contributed by atoms with Crippen molar-refractivity contribution in [3.8, 4) is 6.07 Å². The summed E-state index contributed by atoms with van der Waals surface area (Å²) in [6, 6.07) is 12.3. The molecular weight excluding hydrogens is 262 g/mol. The van der Waals surface area contributed by atoms with Crippen LogP contribution in [0.2, 0.25) is 0 Å². The number of nitrogens with zero attached hydrogens (tertiary/aromatic N) is 2. The molecule has 0 saturated heterocycles. The SMILES string of the molecule is CCC(CC)N(CCOC)CC(N)(C#N)c1ccccc1. The minimum atomic E-state index is -0.989. The van der Waals surface area contributed by atoms with Gasteiger partial charge in [-0.1, -0.05) is 44.2 Å². The first-order chi connectivity index (χ1) is 10.1. The summed E-state index contributed by atoms with van der Waals surface area (Å²) in [5.41, 5.74) is 6.27. The van der Waals surface area contributed by atoms with Crippen LogP contribution in [0.15, 0.2) is 30.3 Å². The van der Waals surface area contributed by atoms with Crippen molar-refractivity contribution in [3.05, 3.63) is 35.9 Å². The molecule has 0 saturated carbocycles. The molecule has 0 aliphatic rings. The van der Waals surface area contributed by atoms with Crippen molar-refractivity contribution >= 4 is 0 Å². The van der Waals surface area contributed by atoms with E-state index in [4.69, 9.17) is 10.5 Å². The lowest BCUT2D eigenvalue weighted by molar-refractivity contribution is 0.102. The topological polar surface area (TPSA) is 62.3 Å². The summed E-state index contributed by atoms with van der Waals surface area (Å²) in [5.74, 6) is 0. The molecule has 0 aliphatic heterocycles. The van der Waals surface area contributed by atoms with Gasteiger partial charge in [-0.25, -0.2) is 0 Å². The normalized spacial score (nSPS) is 14.1. The second kappa shape index (κ2) is 8.78. The summed E-state index contributed by atoms with van der Waals surface area (Å²) in [7, 11) is 1.70. The van der Waals surface area contributed by atoms with E-state index < -0.39 is 5.54 Å². The fraction of sp³-hybridized carbons (Fsp3) is 0.588. The summed E-state index contributed by atoms with van der Waals surface area (Å²) in [6.07, 6.45) is 2.08. The largest absolute Gasteiger partial charge is 0.383 e. The highest BCUT2D eigenvalue weighted by molar-refractivity contribution is 5.31. The lowest BCUT2D eigenvalue weighted by atomic mass is 9.91. The van der Waals surface area contributed by atoms with Gasteiger partial charge in [0.1, 0.15) is 5.54 Å². The van der Waals surface area contributed by atoms with Crippen LogP contribution in [0.25, 0.3) is 0 Å². The van der Waals surface area contributed by atoms with E-state index in [0.717, 1.165) is 24.9 Å². The molecule has 1 aromatic rings. The van der Waals surface area contributed by atoms with Crippen molar-refractivity contribution in [2.24, 2.45) is 5.73 Å². The number of hydrogen-bond donors (Lipinski definition) is 1. The molecule has 1 aromatic carbocycles. The van der Waals surface area contributed by atoms with Crippen LogP contribution in [0, 0.1) is 11.3 Å². The maximum atomic E-state index is 9.61. The summed E-state index contributed by atoms with van der Waals surface area (Å²) < 4.78 is 5.20. The summed E-state index contributed by atoms with van der Waals surface area (Å²) in [6.45, 7) is 6.29. The second-order valence-corrected chi connectivity index (χ2v) is 5.38. The molecule has 0 fully saturated rings. The Balaban J connectivity index is 2.95. The summed E-state index contributed by atoms with van der Waals surface area (Å²) in [5, 5.41) is 9.61. The maximum Gasteiger partial charge on any atom is 0.142 e. The van der Waals surface area contributed by atoms with Gasteiger partial charge in [0.15, 0.2) is 0 Å². The first-order valence-corrected chi connectivity index (χ1v) is 7.59. The van der Waals surface area contributed by atoms with Crippen LogP contribution in [-0.4, -0.2) is 37.7 Å². The number of nitriles is 1. The van der Waals surface area contributed by atoms with Crippen LogP contribution >= 0.6 is 0 Å². The lowest BCUT2D eigenvalue weighted by Crippen LogP contribution is -2.50. The number of ether oxygens (including phenoxy) is 1. The van der Waals surface area contributed by atoms with Gasteiger partial charge >= 0.3 is 0 Å². The second-order valence-electron chi connectivity index (χ2n) is 5.38. The Morgan fingerprint density at radius 2 is 1.90 bits per heavy atom. The van der Waals surface area contributed by atoms with Crippen LogP contribution in [0.3, 0.4) is 0 Å². The maximum absolute atomic E-state index is 9.61. The van der Waals surface area contributed by atoms with Gasteiger partial charge in [0, 0.05) is 26.2 Å². The van der Waals surface area contributed by atoms with Crippen LogP contribution in [0.1, 0.15) is 32.3 Å². The molecule has 0 heterocycles. The Bertz CT molecular complexity index is 439. The van der Waals surface area contributed by atoms with Gasteiger partial charge in [0.25, 0.3) is 0 Å². The zero-order chi connectivity index (χ0) is 15.7. The Morgan fingerprint density at radius 1 is 1.29 bits per heavy atom. The number of methoxy groups -OCH3 is 1.